The highest BCUT2D eigenvalue weighted by atomic mass is 16.5. The second-order valence-electron chi connectivity index (χ2n) is 4.57. The molecule has 3 rings (SSSR count). The molecule has 0 radical (unpaired) electrons. The first-order chi connectivity index (χ1) is 9.16. The Hall–Kier alpha value is -2.08. The Kier molecular flexibility index (Phi) is 2.87. The molecule has 1 unspecified atom stereocenters. The first kappa shape index (κ1) is 12.0. The van der Waals surface area contributed by atoms with Crippen molar-refractivity contribution in [1.82, 2.24) is 4.98 Å². The number of rotatable bonds is 2. The van der Waals surface area contributed by atoms with Gasteiger partial charge in [0.1, 0.15) is 5.52 Å². The minimum Gasteiger partial charge on any atom is -0.478 e. The van der Waals surface area contributed by atoms with Crippen molar-refractivity contribution < 1.29 is 19.1 Å². The fourth-order valence-corrected chi connectivity index (χ4v) is 2.24. The van der Waals surface area contributed by atoms with E-state index in [2.05, 4.69) is 4.98 Å². The third kappa shape index (κ3) is 2.04. The molecule has 0 saturated carbocycles. The fourth-order valence-electron chi connectivity index (χ4n) is 2.24. The molecule has 6 heteroatoms. The monoisotopic (exact) mass is 262 g/mol. The van der Waals surface area contributed by atoms with Crippen molar-refractivity contribution in [3.63, 3.8) is 0 Å². The van der Waals surface area contributed by atoms with Gasteiger partial charge in [0, 0.05) is 6.54 Å². The second kappa shape index (κ2) is 4.55. The minimum atomic E-state index is -1.000. The van der Waals surface area contributed by atoms with Gasteiger partial charge in [-0.2, -0.15) is 4.98 Å². The van der Waals surface area contributed by atoms with E-state index in [1.54, 1.807) is 12.1 Å². The van der Waals surface area contributed by atoms with E-state index in [1.807, 2.05) is 11.8 Å². The number of ether oxygens (including phenoxy) is 1. The number of para-hydroxylation sites is 1. The van der Waals surface area contributed by atoms with E-state index in [0.29, 0.717) is 36.9 Å². The van der Waals surface area contributed by atoms with Crippen molar-refractivity contribution in [2.45, 2.75) is 13.0 Å². The Morgan fingerprint density at radius 2 is 2.37 bits per heavy atom. The lowest BCUT2D eigenvalue weighted by Crippen LogP contribution is -2.43. The van der Waals surface area contributed by atoms with E-state index in [0.717, 1.165) is 0 Å². The molecule has 1 aromatic heterocycles. The highest BCUT2D eigenvalue weighted by Crippen LogP contribution is 2.26. The summed E-state index contributed by atoms with van der Waals surface area (Å²) in [6, 6.07) is 5.53. The standard InChI is InChI=1S/C13H14N2O4/c1-8-7-18-6-5-15(8)13-14-11-9(12(16)17)3-2-4-10(11)19-13/h2-4,8H,5-7H2,1H3,(H,16,17). The van der Waals surface area contributed by atoms with Gasteiger partial charge in [0.15, 0.2) is 5.58 Å². The van der Waals surface area contributed by atoms with E-state index in [9.17, 15) is 4.79 Å². The average molecular weight is 262 g/mol. The van der Waals surface area contributed by atoms with Crippen LogP contribution in [0.3, 0.4) is 0 Å². The first-order valence-corrected chi connectivity index (χ1v) is 6.14. The lowest BCUT2D eigenvalue weighted by atomic mass is 10.2. The van der Waals surface area contributed by atoms with E-state index >= 15 is 0 Å². The van der Waals surface area contributed by atoms with Gasteiger partial charge in [-0.05, 0) is 19.1 Å². The number of aromatic nitrogens is 1. The molecule has 1 aromatic carbocycles. The highest BCUT2D eigenvalue weighted by molar-refractivity contribution is 6.00. The van der Waals surface area contributed by atoms with Crippen LogP contribution in [0.4, 0.5) is 6.01 Å². The lowest BCUT2D eigenvalue weighted by molar-refractivity contribution is 0.0699. The molecule has 1 aliphatic heterocycles. The molecule has 2 heterocycles. The topological polar surface area (TPSA) is 75.8 Å². The molecule has 0 spiro atoms. The van der Waals surface area contributed by atoms with Crippen LogP contribution in [0.2, 0.25) is 0 Å². The Balaban J connectivity index is 2.06. The molecule has 19 heavy (non-hydrogen) atoms. The number of carboxylic acids is 1. The number of oxazole rings is 1. The minimum absolute atomic E-state index is 0.161. The molecule has 0 bridgehead atoms. The van der Waals surface area contributed by atoms with Crippen molar-refractivity contribution in [2.24, 2.45) is 0 Å². The smallest absolute Gasteiger partial charge is 0.338 e. The molecule has 1 fully saturated rings. The molecule has 1 saturated heterocycles. The second-order valence-corrected chi connectivity index (χ2v) is 4.57. The lowest BCUT2D eigenvalue weighted by Gasteiger charge is -2.31. The van der Waals surface area contributed by atoms with E-state index in [4.69, 9.17) is 14.3 Å². The summed E-state index contributed by atoms with van der Waals surface area (Å²) in [7, 11) is 0. The fraction of sp³-hybridized carbons (Fsp3) is 0.385. The van der Waals surface area contributed by atoms with Crippen molar-refractivity contribution in [1.29, 1.82) is 0 Å². The van der Waals surface area contributed by atoms with Crippen molar-refractivity contribution >= 4 is 23.1 Å². The maximum absolute atomic E-state index is 11.1. The summed E-state index contributed by atoms with van der Waals surface area (Å²) < 4.78 is 11.0. The van der Waals surface area contributed by atoms with Crippen molar-refractivity contribution in [3.05, 3.63) is 23.8 Å². The van der Waals surface area contributed by atoms with Crippen LogP contribution >= 0.6 is 0 Å². The summed E-state index contributed by atoms with van der Waals surface area (Å²) in [6.07, 6.45) is 0. The molecule has 2 aromatic rings. The van der Waals surface area contributed by atoms with Crippen LogP contribution in [-0.2, 0) is 4.74 Å². The molecule has 0 aliphatic carbocycles. The zero-order chi connectivity index (χ0) is 13.4. The SMILES string of the molecule is CC1COCCN1c1nc2c(C(=O)O)cccc2o1. The number of anilines is 1. The number of hydrogen-bond donors (Lipinski definition) is 1. The normalized spacial score (nSPS) is 19.8. The average Bonchev–Trinajstić information content (AvgIpc) is 2.82. The zero-order valence-corrected chi connectivity index (χ0v) is 10.5. The Morgan fingerprint density at radius 1 is 1.53 bits per heavy atom. The third-order valence-electron chi connectivity index (χ3n) is 3.25. The largest absolute Gasteiger partial charge is 0.478 e. The molecule has 0 amide bonds. The molecule has 6 nitrogen and oxygen atoms in total. The maximum Gasteiger partial charge on any atom is 0.338 e. The molecule has 1 atom stereocenters. The number of benzene rings is 1. The van der Waals surface area contributed by atoms with Gasteiger partial charge in [-0.15, -0.1) is 0 Å². The number of fused-ring (bicyclic) bond motifs is 1. The van der Waals surface area contributed by atoms with Gasteiger partial charge in [0.05, 0.1) is 24.8 Å². The highest BCUT2D eigenvalue weighted by Gasteiger charge is 2.24. The number of carboxylic acid groups (broad SMARTS) is 1. The van der Waals surface area contributed by atoms with Crippen LogP contribution in [-0.4, -0.2) is 41.9 Å². The van der Waals surface area contributed by atoms with Gasteiger partial charge in [-0.3, -0.25) is 0 Å². The molecule has 100 valence electrons. The van der Waals surface area contributed by atoms with Crippen molar-refractivity contribution in [3.8, 4) is 0 Å². The van der Waals surface area contributed by atoms with Gasteiger partial charge in [-0.25, -0.2) is 4.79 Å². The number of carbonyl (C=O) groups is 1. The molecule has 1 N–H and O–H groups in total. The van der Waals surface area contributed by atoms with Crippen LogP contribution in [0.1, 0.15) is 17.3 Å². The summed E-state index contributed by atoms with van der Waals surface area (Å²) >= 11 is 0. The number of nitrogens with zero attached hydrogens (tertiary/aromatic N) is 2. The van der Waals surface area contributed by atoms with Gasteiger partial charge in [-0.1, -0.05) is 6.07 Å². The van der Waals surface area contributed by atoms with Crippen molar-refractivity contribution in [2.75, 3.05) is 24.7 Å². The molecular weight excluding hydrogens is 248 g/mol. The Morgan fingerprint density at radius 3 is 3.11 bits per heavy atom. The van der Waals surface area contributed by atoms with Gasteiger partial charge >= 0.3 is 5.97 Å². The van der Waals surface area contributed by atoms with Crippen LogP contribution in [0.25, 0.3) is 11.1 Å². The number of hydrogen-bond acceptors (Lipinski definition) is 5. The summed E-state index contributed by atoms with van der Waals surface area (Å²) in [6.45, 7) is 3.95. The van der Waals surface area contributed by atoms with Gasteiger partial charge in [0.25, 0.3) is 6.01 Å². The predicted molar refractivity (Wildman–Crippen MR) is 68.6 cm³/mol. The van der Waals surface area contributed by atoms with Crippen LogP contribution in [0.15, 0.2) is 22.6 Å². The van der Waals surface area contributed by atoms with E-state index in [1.165, 1.54) is 6.07 Å². The summed E-state index contributed by atoms with van der Waals surface area (Å²) in [5.41, 5.74) is 1.05. The third-order valence-corrected chi connectivity index (χ3v) is 3.25. The van der Waals surface area contributed by atoms with E-state index < -0.39 is 5.97 Å². The molecule has 1 aliphatic rings. The zero-order valence-electron chi connectivity index (χ0n) is 10.5. The summed E-state index contributed by atoms with van der Waals surface area (Å²) in [4.78, 5) is 17.5. The molecular formula is C13H14N2O4. The Labute approximate surface area is 109 Å². The Bertz CT molecular complexity index is 622. The maximum atomic E-state index is 11.1. The number of aromatic carboxylic acids is 1. The summed E-state index contributed by atoms with van der Waals surface area (Å²) in [5.74, 6) is -1.000. The van der Waals surface area contributed by atoms with Gasteiger partial charge in [0.2, 0.25) is 0 Å². The van der Waals surface area contributed by atoms with Crippen LogP contribution in [0, 0.1) is 0 Å². The first-order valence-electron chi connectivity index (χ1n) is 6.14. The quantitative estimate of drug-likeness (QED) is 0.888. The van der Waals surface area contributed by atoms with Crippen LogP contribution < -0.4 is 4.90 Å². The van der Waals surface area contributed by atoms with E-state index in [-0.39, 0.29) is 11.6 Å². The number of morpholine rings is 1. The van der Waals surface area contributed by atoms with Crippen LogP contribution in [0.5, 0.6) is 0 Å². The predicted octanol–water partition coefficient (Wildman–Crippen LogP) is 1.75. The summed E-state index contributed by atoms with van der Waals surface area (Å²) in [5, 5.41) is 9.14. The van der Waals surface area contributed by atoms with Gasteiger partial charge < -0.3 is 19.2 Å².